The predicted octanol–water partition coefficient (Wildman–Crippen LogP) is 13.1. The maximum absolute atomic E-state index is 15.0. The summed E-state index contributed by atoms with van der Waals surface area (Å²) in [4.78, 5) is 15.0. The molecule has 360 valence electrons. The molecule has 0 N–H and O–H groups in total. The van der Waals surface area contributed by atoms with E-state index in [0.29, 0.717) is 77.7 Å². The largest absolute Gasteiger partial charge is 0.497 e. The van der Waals surface area contributed by atoms with Crippen molar-refractivity contribution in [3.05, 3.63) is 47.0 Å². The van der Waals surface area contributed by atoms with Gasteiger partial charge in [0.15, 0.2) is 19.8 Å². The number of hydrogen-bond acceptors (Lipinski definition) is 9. The Bertz CT molecular complexity index is 1860. The number of hydrogen-bond donors (Lipinski definition) is 0. The van der Waals surface area contributed by atoms with Crippen LogP contribution >= 0.6 is 0 Å². The molecule has 2 rings (SSSR count). The SMILES string of the molecule is CC#CC[C@H](OC(=O)c1c(C[C@@H](O[Si](C(C)C)(C(C)C)C(C)C)[C@@H](C)CC#CC)cc(OC)cc1OC)[C@@H](C)[C@H](O[Si](C)(C)C(C)(C)C)[C@H](C)CCOCc1ccc(OC)c(OC)c1. The van der Waals surface area contributed by atoms with Crippen LogP contribution in [0.25, 0.3) is 0 Å². The summed E-state index contributed by atoms with van der Waals surface area (Å²) in [7, 11) is 1.80. The third kappa shape index (κ3) is 15.0. The summed E-state index contributed by atoms with van der Waals surface area (Å²) >= 11 is 0. The molecule has 0 aliphatic heterocycles. The van der Waals surface area contributed by atoms with E-state index in [0.717, 1.165) is 17.5 Å². The van der Waals surface area contributed by atoms with Crippen LogP contribution in [0.15, 0.2) is 30.3 Å². The first-order valence-corrected chi connectivity index (χ1v) is 28.4. The number of ether oxygens (including phenoxy) is 6. The Hall–Kier alpha value is -3.46. The number of methoxy groups -OCH3 is 4. The van der Waals surface area contributed by atoms with E-state index in [1.807, 2.05) is 38.1 Å². The van der Waals surface area contributed by atoms with E-state index >= 15 is 4.79 Å². The molecular weight excluding hydrogens is 837 g/mol. The van der Waals surface area contributed by atoms with Gasteiger partial charge in [-0.25, -0.2) is 4.79 Å². The Morgan fingerprint density at radius 2 is 1.27 bits per heavy atom. The predicted molar refractivity (Wildman–Crippen MR) is 268 cm³/mol. The second kappa shape index (κ2) is 26.0. The first kappa shape index (κ1) is 56.7. The molecule has 0 unspecified atom stereocenters. The standard InChI is InChI=1S/C53H86O9Si2/c1-21-23-25-39(9)47(61-64(36(3)4,37(5)6)38(7)8)33-43-32-44(55-15)34-49(58-18)50(43)52(54)60-45(26-24-22-2)41(11)51(62-63(19,20)53(12,13)14)40(10)29-30-59-35-42-27-28-46(56-16)48(31-42)57-17/h27-28,31-32,34,36-41,45,47,51H,25-26,29-30,33,35H2,1-20H3/t39-,40+,41+,45-,47+,51+/m0/s1. The van der Waals surface area contributed by atoms with Crippen molar-refractivity contribution in [2.75, 3.05) is 35.0 Å². The summed E-state index contributed by atoms with van der Waals surface area (Å²) in [6.07, 6.45) is 1.16. The van der Waals surface area contributed by atoms with Gasteiger partial charge in [0.2, 0.25) is 8.32 Å². The smallest absolute Gasteiger partial charge is 0.342 e. The quantitative estimate of drug-likeness (QED) is 0.0396. The molecule has 0 bridgehead atoms. The maximum atomic E-state index is 15.0. The van der Waals surface area contributed by atoms with Crippen LogP contribution in [-0.2, 0) is 31.4 Å². The van der Waals surface area contributed by atoms with Gasteiger partial charge in [-0.05, 0) is 103 Å². The van der Waals surface area contributed by atoms with Gasteiger partial charge in [0.05, 0.1) is 47.3 Å². The maximum Gasteiger partial charge on any atom is 0.342 e. The van der Waals surface area contributed by atoms with Gasteiger partial charge in [0, 0.05) is 31.4 Å². The van der Waals surface area contributed by atoms with Crippen LogP contribution in [0.2, 0.25) is 34.8 Å². The average Bonchev–Trinajstić information content (AvgIpc) is 3.24. The van der Waals surface area contributed by atoms with Gasteiger partial charge < -0.3 is 37.3 Å². The van der Waals surface area contributed by atoms with E-state index in [9.17, 15) is 0 Å². The third-order valence-electron chi connectivity index (χ3n) is 13.6. The Labute approximate surface area is 392 Å². The molecule has 9 nitrogen and oxygen atoms in total. The lowest BCUT2D eigenvalue weighted by Crippen LogP contribution is -2.51. The second-order valence-electron chi connectivity index (χ2n) is 19.9. The molecule has 0 fully saturated rings. The average molecular weight is 923 g/mol. The number of carbonyl (C=O) groups excluding carboxylic acids is 1. The molecule has 0 saturated carbocycles. The molecule has 0 heterocycles. The Morgan fingerprint density at radius 1 is 0.688 bits per heavy atom. The van der Waals surface area contributed by atoms with E-state index in [-0.39, 0.29) is 35.0 Å². The minimum atomic E-state index is -2.36. The Kier molecular flexibility index (Phi) is 23.1. The van der Waals surface area contributed by atoms with Crippen molar-refractivity contribution in [2.45, 2.75) is 182 Å². The van der Waals surface area contributed by atoms with Gasteiger partial charge in [-0.1, -0.05) is 95.1 Å². The summed E-state index contributed by atoms with van der Waals surface area (Å²) in [5.74, 6) is 14.5. The highest BCUT2D eigenvalue weighted by Gasteiger charge is 2.48. The van der Waals surface area contributed by atoms with E-state index in [1.54, 1.807) is 34.5 Å². The van der Waals surface area contributed by atoms with Crippen molar-refractivity contribution < 1.29 is 42.1 Å². The second-order valence-corrected chi connectivity index (χ2v) is 30.1. The molecule has 64 heavy (non-hydrogen) atoms. The fourth-order valence-electron chi connectivity index (χ4n) is 8.76. The molecule has 11 heteroatoms. The zero-order valence-corrected chi connectivity index (χ0v) is 45.5. The van der Waals surface area contributed by atoms with Gasteiger partial charge in [-0.2, -0.15) is 0 Å². The van der Waals surface area contributed by atoms with E-state index in [1.165, 1.54) is 0 Å². The summed E-state index contributed by atoms with van der Waals surface area (Å²) in [5, 5.41) is -0.0466. The molecule has 2 aromatic rings. The molecular formula is C53H86O9Si2. The normalized spacial score (nSPS) is 15.0. The van der Waals surface area contributed by atoms with Crippen molar-refractivity contribution in [1.82, 2.24) is 0 Å². The zero-order chi connectivity index (χ0) is 48.6. The van der Waals surface area contributed by atoms with Crippen LogP contribution in [0.1, 0.15) is 138 Å². The zero-order valence-electron chi connectivity index (χ0n) is 43.5. The molecule has 0 saturated heterocycles. The highest BCUT2D eigenvalue weighted by Crippen LogP contribution is 2.45. The van der Waals surface area contributed by atoms with Gasteiger partial charge >= 0.3 is 5.97 Å². The van der Waals surface area contributed by atoms with Crippen LogP contribution in [-0.4, -0.2) is 76.0 Å². The first-order chi connectivity index (χ1) is 30.0. The van der Waals surface area contributed by atoms with Crippen LogP contribution in [0, 0.1) is 41.4 Å². The lowest BCUT2D eigenvalue weighted by Gasteiger charge is -2.46. The lowest BCUT2D eigenvalue weighted by molar-refractivity contribution is -0.0273. The molecule has 0 amide bonds. The van der Waals surface area contributed by atoms with Crippen molar-refractivity contribution in [3.8, 4) is 46.7 Å². The molecule has 0 radical (unpaired) electrons. The van der Waals surface area contributed by atoms with Crippen molar-refractivity contribution in [3.63, 3.8) is 0 Å². The third-order valence-corrected chi connectivity index (χ3v) is 24.2. The van der Waals surface area contributed by atoms with Gasteiger partial charge in [-0.3, -0.25) is 0 Å². The number of benzene rings is 2. The molecule has 0 aliphatic carbocycles. The lowest BCUT2D eigenvalue weighted by atomic mass is 9.86. The summed E-state index contributed by atoms with van der Waals surface area (Å²) < 4.78 is 50.5. The van der Waals surface area contributed by atoms with Crippen LogP contribution in [0.4, 0.5) is 0 Å². The van der Waals surface area contributed by atoms with Crippen LogP contribution in [0.5, 0.6) is 23.0 Å². The topological polar surface area (TPSA) is 90.9 Å². The monoisotopic (exact) mass is 923 g/mol. The number of carbonyl (C=O) groups is 1. The minimum absolute atomic E-state index is 0.0466. The van der Waals surface area contributed by atoms with Crippen LogP contribution < -0.4 is 18.9 Å². The van der Waals surface area contributed by atoms with Crippen LogP contribution in [0.3, 0.4) is 0 Å². The van der Waals surface area contributed by atoms with Crippen molar-refractivity contribution >= 4 is 22.6 Å². The molecule has 6 atom stereocenters. The van der Waals surface area contributed by atoms with Crippen molar-refractivity contribution in [1.29, 1.82) is 0 Å². The summed E-state index contributed by atoms with van der Waals surface area (Å²) in [6, 6.07) is 9.52. The number of esters is 1. The highest BCUT2D eigenvalue weighted by molar-refractivity contribution is 6.77. The highest BCUT2D eigenvalue weighted by atomic mass is 28.4. The molecule has 2 aromatic carbocycles. The molecule has 0 aromatic heterocycles. The number of rotatable bonds is 26. The fourth-order valence-corrected chi connectivity index (χ4v) is 15.9. The molecule has 0 spiro atoms. The summed E-state index contributed by atoms with van der Waals surface area (Å²) in [5.41, 5.74) is 3.24. The molecule has 0 aliphatic rings. The van der Waals surface area contributed by atoms with E-state index in [4.69, 9.17) is 37.3 Å². The minimum Gasteiger partial charge on any atom is -0.497 e. The Morgan fingerprint density at radius 3 is 1.78 bits per heavy atom. The van der Waals surface area contributed by atoms with E-state index < -0.39 is 28.7 Å². The Balaban J connectivity index is 2.66. The van der Waals surface area contributed by atoms with Crippen molar-refractivity contribution in [2.24, 2.45) is 17.8 Å². The first-order valence-electron chi connectivity index (χ1n) is 23.4. The van der Waals surface area contributed by atoms with Gasteiger partial charge in [-0.15, -0.1) is 17.8 Å². The fraction of sp³-hybridized carbons (Fsp3) is 0.679. The summed E-state index contributed by atoms with van der Waals surface area (Å²) in [6.45, 7) is 36.3. The van der Waals surface area contributed by atoms with E-state index in [2.05, 4.69) is 120 Å². The van der Waals surface area contributed by atoms with Gasteiger partial charge in [0.1, 0.15) is 23.2 Å². The van der Waals surface area contributed by atoms with Gasteiger partial charge in [0.25, 0.3) is 0 Å².